The minimum absolute atomic E-state index is 0.245. The highest BCUT2D eigenvalue weighted by atomic mass is 32.2. The van der Waals surface area contributed by atoms with Crippen LogP contribution in [0.4, 0.5) is 13.2 Å². The van der Waals surface area contributed by atoms with Crippen LogP contribution in [0.3, 0.4) is 0 Å². The molecule has 2 rings (SSSR count). The minimum atomic E-state index is -0.590. The Hall–Kier alpha value is -1.46. The normalized spacial score (nSPS) is 12.4. The van der Waals surface area contributed by atoms with Gasteiger partial charge in [-0.15, -0.1) is 11.8 Å². The number of halogens is 3. The second-order valence-corrected chi connectivity index (χ2v) is 5.37. The number of hydrogen-bond donors (Lipinski definition) is 1. The Bertz CT molecular complexity index is 572. The molecule has 2 aromatic carbocycles. The van der Waals surface area contributed by atoms with Crippen LogP contribution >= 0.6 is 11.8 Å². The van der Waals surface area contributed by atoms with E-state index < -0.39 is 11.6 Å². The molecule has 0 saturated carbocycles. The molecule has 20 heavy (non-hydrogen) atoms. The molecule has 0 radical (unpaired) electrons. The maximum absolute atomic E-state index is 13.7. The molecule has 0 spiro atoms. The van der Waals surface area contributed by atoms with E-state index in [9.17, 15) is 13.2 Å². The third-order valence-corrected chi connectivity index (χ3v) is 4.02. The lowest BCUT2D eigenvalue weighted by atomic mass is 10.1. The zero-order valence-electron chi connectivity index (χ0n) is 10.9. The van der Waals surface area contributed by atoms with E-state index in [0.29, 0.717) is 11.3 Å². The summed E-state index contributed by atoms with van der Waals surface area (Å²) < 4.78 is 39.4. The maximum atomic E-state index is 13.7. The predicted octanol–water partition coefficient (Wildman–Crippen LogP) is 4.16. The first kappa shape index (κ1) is 14.9. The second kappa shape index (κ2) is 6.81. The first-order chi connectivity index (χ1) is 9.60. The fourth-order valence-electron chi connectivity index (χ4n) is 1.82. The molecule has 2 aromatic rings. The Labute approximate surface area is 120 Å². The van der Waals surface area contributed by atoms with Crippen LogP contribution in [-0.4, -0.2) is 12.8 Å². The van der Waals surface area contributed by atoms with Gasteiger partial charge >= 0.3 is 0 Å². The van der Waals surface area contributed by atoms with Gasteiger partial charge in [-0.2, -0.15) is 0 Å². The molecule has 1 unspecified atom stereocenters. The van der Waals surface area contributed by atoms with Crippen molar-refractivity contribution in [1.82, 2.24) is 5.32 Å². The van der Waals surface area contributed by atoms with Crippen molar-refractivity contribution >= 4 is 11.8 Å². The fourth-order valence-corrected chi connectivity index (χ4v) is 2.86. The molecule has 0 fully saturated rings. The van der Waals surface area contributed by atoms with Crippen LogP contribution < -0.4 is 5.32 Å². The molecule has 1 N–H and O–H groups in total. The van der Waals surface area contributed by atoms with Gasteiger partial charge in [0.1, 0.15) is 17.5 Å². The van der Waals surface area contributed by atoms with Crippen LogP contribution in [0.25, 0.3) is 0 Å². The van der Waals surface area contributed by atoms with E-state index in [1.165, 1.54) is 36.0 Å². The van der Waals surface area contributed by atoms with Gasteiger partial charge in [-0.1, -0.05) is 6.07 Å². The van der Waals surface area contributed by atoms with Crippen LogP contribution in [0.5, 0.6) is 0 Å². The van der Waals surface area contributed by atoms with Crippen molar-refractivity contribution in [3.63, 3.8) is 0 Å². The standard InChI is InChI=1S/C15H14F3NS/c1-19-15(13-7-4-11(17)8-14(13)18)9-20-12-5-2-10(16)3-6-12/h2-8,15,19H,9H2,1H3. The molecule has 1 atom stereocenters. The predicted molar refractivity (Wildman–Crippen MR) is 75.3 cm³/mol. The molecule has 1 nitrogen and oxygen atoms in total. The molecule has 0 aliphatic rings. The molecule has 0 amide bonds. The first-order valence-corrected chi connectivity index (χ1v) is 7.09. The number of rotatable bonds is 5. The molecule has 5 heteroatoms. The Balaban J connectivity index is 2.07. The van der Waals surface area contributed by atoms with Crippen LogP contribution in [0.2, 0.25) is 0 Å². The number of benzene rings is 2. The van der Waals surface area contributed by atoms with Crippen LogP contribution in [0, 0.1) is 17.5 Å². The van der Waals surface area contributed by atoms with Crippen LogP contribution in [0.1, 0.15) is 11.6 Å². The Morgan fingerprint density at radius 2 is 1.65 bits per heavy atom. The van der Waals surface area contributed by atoms with E-state index in [1.54, 1.807) is 19.2 Å². The fraction of sp³-hybridized carbons (Fsp3) is 0.200. The van der Waals surface area contributed by atoms with Crippen molar-refractivity contribution < 1.29 is 13.2 Å². The summed E-state index contributed by atoms with van der Waals surface area (Å²) in [5.74, 6) is -0.884. The lowest BCUT2D eigenvalue weighted by molar-refractivity contribution is 0.545. The maximum Gasteiger partial charge on any atom is 0.130 e. The van der Waals surface area contributed by atoms with Crippen LogP contribution in [0.15, 0.2) is 47.4 Å². The SMILES string of the molecule is CNC(CSc1ccc(F)cc1)c1ccc(F)cc1F. The molecular weight excluding hydrogens is 283 g/mol. The Morgan fingerprint density at radius 1 is 1.00 bits per heavy atom. The lowest BCUT2D eigenvalue weighted by Crippen LogP contribution is -2.20. The van der Waals surface area contributed by atoms with E-state index in [2.05, 4.69) is 5.32 Å². The average molecular weight is 297 g/mol. The van der Waals surface area contributed by atoms with Gasteiger partial charge in [-0.05, 0) is 37.4 Å². The van der Waals surface area contributed by atoms with Gasteiger partial charge in [0.05, 0.1) is 0 Å². The summed E-state index contributed by atoms with van der Waals surface area (Å²) in [6.45, 7) is 0. The summed E-state index contributed by atoms with van der Waals surface area (Å²) in [6.07, 6.45) is 0. The van der Waals surface area contributed by atoms with Crippen molar-refractivity contribution in [2.45, 2.75) is 10.9 Å². The van der Waals surface area contributed by atoms with Crippen molar-refractivity contribution in [3.05, 3.63) is 65.5 Å². The van der Waals surface area contributed by atoms with Gasteiger partial charge in [0.25, 0.3) is 0 Å². The average Bonchev–Trinajstić information content (AvgIpc) is 2.43. The smallest absolute Gasteiger partial charge is 0.130 e. The van der Waals surface area contributed by atoms with Gasteiger partial charge in [-0.3, -0.25) is 0 Å². The zero-order valence-corrected chi connectivity index (χ0v) is 11.7. The molecule has 0 aliphatic carbocycles. The highest BCUT2D eigenvalue weighted by molar-refractivity contribution is 7.99. The molecule has 106 valence electrons. The minimum Gasteiger partial charge on any atom is -0.312 e. The van der Waals surface area contributed by atoms with Gasteiger partial charge in [0.2, 0.25) is 0 Å². The summed E-state index contributed by atoms with van der Waals surface area (Å²) in [5, 5.41) is 3.00. The Morgan fingerprint density at radius 3 is 2.25 bits per heavy atom. The van der Waals surface area contributed by atoms with E-state index in [0.717, 1.165) is 11.0 Å². The van der Waals surface area contributed by atoms with Gasteiger partial charge in [0.15, 0.2) is 0 Å². The lowest BCUT2D eigenvalue weighted by Gasteiger charge is -2.17. The second-order valence-electron chi connectivity index (χ2n) is 4.27. The number of thioether (sulfide) groups is 1. The first-order valence-electron chi connectivity index (χ1n) is 6.10. The zero-order chi connectivity index (χ0) is 14.5. The number of hydrogen-bond acceptors (Lipinski definition) is 2. The van der Waals surface area contributed by atoms with Crippen LogP contribution in [-0.2, 0) is 0 Å². The molecule has 0 saturated heterocycles. The largest absolute Gasteiger partial charge is 0.312 e. The molecule has 0 aliphatic heterocycles. The monoisotopic (exact) mass is 297 g/mol. The molecular formula is C15H14F3NS. The highest BCUT2D eigenvalue weighted by Gasteiger charge is 2.15. The van der Waals surface area contributed by atoms with Gasteiger partial charge in [-0.25, -0.2) is 13.2 Å². The molecule has 0 aromatic heterocycles. The van der Waals surface area contributed by atoms with E-state index in [-0.39, 0.29) is 11.9 Å². The van der Waals surface area contributed by atoms with Crippen molar-refractivity contribution in [2.75, 3.05) is 12.8 Å². The Kier molecular flexibility index (Phi) is 5.09. The van der Waals surface area contributed by atoms with Crippen molar-refractivity contribution in [1.29, 1.82) is 0 Å². The van der Waals surface area contributed by atoms with Crippen molar-refractivity contribution in [3.8, 4) is 0 Å². The topological polar surface area (TPSA) is 12.0 Å². The third-order valence-electron chi connectivity index (χ3n) is 2.92. The van der Waals surface area contributed by atoms with Gasteiger partial charge < -0.3 is 5.32 Å². The third kappa shape index (κ3) is 3.77. The quantitative estimate of drug-likeness (QED) is 0.832. The summed E-state index contributed by atoms with van der Waals surface area (Å²) >= 11 is 1.48. The highest BCUT2D eigenvalue weighted by Crippen LogP contribution is 2.26. The van der Waals surface area contributed by atoms with E-state index in [1.807, 2.05) is 0 Å². The summed E-state index contributed by atoms with van der Waals surface area (Å²) in [4.78, 5) is 0.897. The number of nitrogens with one attached hydrogen (secondary N) is 1. The van der Waals surface area contributed by atoms with Crippen molar-refractivity contribution in [2.24, 2.45) is 0 Å². The van der Waals surface area contributed by atoms with Gasteiger partial charge in [0, 0.05) is 28.3 Å². The van der Waals surface area contributed by atoms with E-state index >= 15 is 0 Å². The van der Waals surface area contributed by atoms with E-state index in [4.69, 9.17) is 0 Å². The molecule has 0 heterocycles. The summed E-state index contributed by atoms with van der Waals surface area (Å²) in [7, 11) is 1.72. The summed E-state index contributed by atoms with van der Waals surface area (Å²) in [5.41, 5.74) is 0.420. The molecule has 0 bridgehead atoms. The summed E-state index contributed by atoms with van der Waals surface area (Å²) in [6, 6.07) is 9.43.